The monoisotopic (exact) mass is 396 g/mol. The van der Waals surface area contributed by atoms with E-state index in [0.29, 0.717) is 34.3 Å². The number of hydrogen-bond acceptors (Lipinski definition) is 6. The van der Waals surface area contributed by atoms with Crippen molar-refractivity contribution in [1.29, 1.82) is 0 Å². The van der Waals surface area contributed by atoms with Gasteiger partial charge in [0, 0.05) is 0 Å². The van der Waals surface area contributed by atoms with Crippen LogP contribution in [0.2, 0.25) is 0 Å². The molecule has 2 amide bonds. The standard InChI is InChI=1S/C20H20N4O3S/c1-3-17-23-24-20(28-17)22-18(25)13-9-5-7-11-15(13)21-19(26)14-10-6-8-12-16(14)27-4-2/h5-12H,3-4H2,1-2H3,(H,21,26)(H,22,24,25). The maximum atomic E-state index is 12.7. The van der Waals surface area contributed by atoms with Crippen LogP contribution in [0.1, 0.15) is 39.6 Å². The molecule has 3 aromatic rings. The first-order valence-electron chi connectivity index (χ1n) is 8.88. The average molecular weight is 396 g/mol. The van der Waals surface area contributed by atoms with E-state index in [9.17, 15) is 9.59 Å². The Hall–Kier alpha value is -3.26. The molecule has 3 rings (SSSR count). The Balaban J connectivity index is 1.80. The molecule has 1 aromatic heterocycles. The largest absolute Gasteiger partial charge is 0.493 e. The summed E-state index contributed by atoms with van der Waals surface area (Å²) < 4.78 is 5.51. The summed E-state index contributed by atoms with van der Waals surface area (Å²) in [7, 11) is 0. The Morgan fingerprint density at radius 2 is 1.61 bits per heavy atom. The number of amides is 2. The predicted molar refractivity (Wildman–Crippen MR) is 109 cm³/mol. The highest BCUT2D eigenvalue weighted by atomic mass is 32.1. The number of aromatic nitrogens is 2. The van der Waals surface area contributed by atoms with Gasteiger partial charge >= 0.3 is 0 Å². The van der Waals surface area contributed by atoms with Gasteiger partial charge in [0.25, 0.3) is 11.8 Å². The lowest BCUT2D eigenvalue weighted by Crippen LogP contribution is -2.18. The molecule has 1 heterocycles. The van der Waals surface area contributed by atoms with Crippen molar-refractivity contribution in [3.8, 4) is 5.75 Å². The van der Waals surface area contributed by atoms with Gasteiger partial charge in [-0.15, -0.1) is 10.2 Å². The highest BCUT2D eigenvalue weighted by Gasteiger charge is 2.17. The van der Waals surface area contributed by atoms with Gasteiger partial charge < -0.3 is 10.1 Å². The molecule has 0 atom stereocenters. The Morgan fingerprint density at radius 1 is 0.929 bits per heavy atom. The molecule has 2 aromatic carbocycles. The summed E-state index contributed by atoms with van der Waals surface area (Å²) in [6.07, 6.45) is 0.749. The fourth-order valence-corrected chi connectivity index (χ4v) is 3.20. The minimum absolute atomic E-state index is 0.331. The minimum atomic E-state index is -0.368. The first-order valence-corrected chi connectivity index (χ1v) is 9.70. The molecule has 0 saturated carbocycles. The molecule has 8 heteroatoms. The Kier molecular flexibility index (Phi) is 6.33. The lowest BCUT2D eigenvalue weighted by atomic mass is 10.1. The van der Waals surface area contributed by atoms with E-state index in [1.54, 1.807) is 48.5 Å². The molecule has 0 radical (unpaired) electrons. The zero-order chi connectivity index (χ0) is 19.9. The van der Waals surface area contributed by atoms with Crippen molar-refractivity contribution < 1.29 is 14.3 Å². The highest BCUT2D eigenvalue weighted by Crippen LogP contribution is 2.23. The molecule has 0 spiro atoms. The van der Waals surface area contributed by atoms with Gasteiger partial charge in [-0.3, -0.25) is 14.9 Å². The molecule has 2 N–H and O–H groups in total. The zero-order valence-electron chi connectivity index (χ0n) is 15.6. The molecule has 0 aliphatic heterocycles. The first-order chi connectivity index (χ1) is 13.6. The number of aryl methyl sites for hydroxylation is 1. The molecule has 0 bridgehead atoms. The van der Waals surface area contributed by atoms with Gasteiger partial charge in [0.2, 0.25) is 5.13 Å². The van der Waals surface area contributed by atoms with Crippen LogP contribution in [0.3, 0.4) is 0 Å². The van der Waals surface area contributed by atoms with Crippen LogP contribution in [-0.2, 0) is 6.42 Å². The first kappa shape index (κ1) is 19.5. The van der Waals surface area contributed by atoms with Gasteiger partial charge in [-0.1, -0.05) is 42.5 Å². The molecule has 0 aliphatic rings. The van der Waals surface area contributed by atoms with Crippen molar-refractivity contribution in [2.45, 2.75) is 20.3 Å². The topological polar surface area (TPSA) is 93.2 Å². The molecule has 7 nitrogen and oxygen atoms in total. The number of rotatable bonds is 7. The summed E-state index contributed by atoms with van der Waals surface area (Å²) in [5.74, 6) is -0.230. The number of nitrogens with one attached hydrogen (secondary N) is 2. The third-order valence-corrected chi connectivity index (χ3v) is 4.82. The number of carbonyl (C=O) groups excluding carboxylic acids is 2. The molecular weight excluding hydrogens is 376 g/mol. The molecule has 0 aliphatic carbocycles. The van der Waals surface area contributed by atoms with Crippen LogP contribution in [0.4, 0.5) is 10.8 Å². The second-order valence-electron chi connectivity index (χ2n) is 5.74. The summed E-state index contributed by atoms with van der Waals surface area (Å²) >= 11 is 1.32. The number of anilines is 2. The number of nitrogens with zero attached hydrogens (tertiary/aromatic N) is 2. The van der Waals surface area contributed by atoms with Crippen LogP contribution in [0.15, 0.2) is 48.5 Å². The van der Waals surface area contributed by atoms with Crippen molar-refractivity contribution >= 4 is 34.0 Å². The van der Waals surface area contributed by atoms with Crippen molar-refractivity contribution in [3.63, 3.8) is 0 Å². The summed E-state index contributed by atoms with van der Waals surface area (Å²) in [6.45, 7) is 4.27. The van der Waals surface area contributed by atoms with Crippen molar-refractivity contribution in [2.75, 3.05) is 17.2 Å². The van der Waals surface area contributed by atoms with E-state index in [-0.39, 0.29) is 11.8 Å². The quantitative estimate of drug-likeness (QED) is 0.629. The van der Waals surface area contributed by atoms with E-state index in [0.717, 1.165) is 11.4 Å². The second kappa shape index (κ2) is 9.09. The van der Waals surface area contributed by atoms with Crippen LogP contribution < -0.4 is 15.4 Å². The molecule has 0 saturated heterocycles. The summed E-state index contributed by atoms with van der Waals surface area (Å²) in [6, 6.07) is 13.8. The van der Waals surface area contributed by atoms with E-state index in [2.05, 4.69) is 20.8 Å². The molecular formula is C20H20N4O3S. The van der Waals surface area contributed by atoms with Gasteiger partial charge in [-0.25, -0.2) is 0 Å². The van der Waals surface area contributed by atoms with Crippen molar-refractivity contribution in [3.05, 3.63) is 64.7 Å². The Morgan fingerprint density at radius 3 is 2.32 bits per heavy atom. The zero-order valence-corrected chi connectivity index (χ0v) is 16.4. The van der Waals surface area contributed by atoms with E-state index in [4.69, 9.17) is 4.74 Å². The van der Waals surface area contributed by atoms with Crippen LogP contribution >= 0.6 is 11.3 Å². The Bertz CT molecular complexity index is 987. The smallest absolute Gasteiger partial charge is 0.259 e. The third-order valence-electron chi connectivity index (χ3n) is 3.84. The Labute approximate surface area is 166 Å². The number of carbonyl (C=O) groups is 2. The van der Waals surface area contributed by atoms with E-state index in [1.807, 2.05) is 13.8 Å². The summed E-state index contributed by atoms with van der Waals surface area (Å²) in [5.41, 5.74) is 1.13. The maximum absolute atomic E-state index is 12.7. The van der Waals surface area contributed by atoms with Gasteiger partial charge in [0.15, 0.2) is 0 Å². The normalized spacial score (nSPS) is 10.4. The highest BCUT2D eigenvalue weighted by molar-refractivity contribution is 7.15. The fourth-order valence-electron chi connectivity index (χ4n) is 2.53. The summed E-state index contributed by atoms with van der Waals surface area (Å²) in [5, 5.41) is 14.7. The SMILES string of the molecule is CCOc1ccccc1C(=O)Nc1ccccc1C(=O)Nc1nnc(CC)s1. The average Bonchev–Trinajstić information content (AvgIpc) is 3.16. The van der Waals surface area contributed by atoms with Gasteiger partial charge in [-0.05, 0) is 37.6 Å². The molecule has 0 fully saturated rings. The minimum Gasteiger partial charge on any atom is -0.493 e. The lowest BCUT2D eigenvalue weighted by molar-refractivity contribution is 0.102. The number of benzene rings is 2. The van der Waals surface area contributed by atoms with Crippen LogP contribution in [0, 0.1) is 0 Å². The number of hydrogen-bond donors (Lipinski definition) is 2. The lowest BCUT2D eigenvalue weighted by Gasteiger charge is -2.13. The van der Waals surface area contributed by atoms with Crippen molar-refractivity contribution in [1.82, 2.24) is 10.2 Å². The van der Waals surface area contributed by atoms with Crippen LogP contribution in [0.5, 0.6) is 5.75 Å². The van der Waals surface area contributed by atoms with Crippen LogP contribution in [0.25, 0.3) is 0 Å². The van der Waals surface area contributed by atoms with Gasteiger partial charge in [-0.2, -0.15) is 0 Å². The van der Waals surface area contributed by atoms with Gasteiger partial charge in [0.1, 0.15) is 10.8 Å². The third kappa shape index (κ3) is 4.52. The van der Waals surface area contributed by atoms with Gasteiger partial charge in [0.05, 0.1) is 23.4 Å². The number of para-hydroxylation sites is 2. The van der Waals surface area contributed by atoms with E-state index < -0.39 is 0 Å². The fraction of sp³-hybridized carbons (Fsp3) is 0.200. The van der Waals surface area contributed by atoms with Crippen molar-refractivity contribution in [2.24, 2.45) is 0 Å². The maximum Gasteiger partial charge on any atom is 0.259 e. The van der Waals surface area contributed by atoms with Crippen LogP contribution in [-0.4, -0.2) is 28.6 Å². The molecule has 28 heavy (non-hydrogen) atoms. The molecule has 144 valence electrons. The number of ether oxygens (including phenoxy) is 1. The van der Waals surface area contributed by atoms with E-state index >= 15 is 0 Å². The second-order valence-corrected chi connectivity index (χ2v) is 6.80. The van der Waals surface area contributed by atoms with E-state index in [1.165, 1.54) is 11.3 Å². The summed E-state index contributed by atoms with van der Waals surface area (Å²) in [4.78, 5) is 25.4. The predicted octanol–water partition coefficient (Wildman–Crippen LogP) is 4.00. The molecule has 0 unspecified atom stereocenters.